The van der Waals surface area contributed by atoms with Gasteiger partial charge in [0.15, 0.2) is 0 Å². The van der Waals surface area contributed by atoms with Crippen molar-refractivity contribution in [1.29, 1.82) is 0 Å². The highest BCUT2D eigenvalue weighted by atomic mass is 32.1. The van der Waals surface area contributed by atoms with Gasteiger partial charge >= 0.3 is 12.0 Å². The Labute approximate surface area is 221 Å². The maximum absolute atomic E-state index is 12.7. The van der Waals surface area contributed by atoms with E-state index >= 15 is 0 Å². The number of benzene rings is 1. The summed E-state index contributed by atoms with van der Waals surface area (Å²) in [5.41, 5.74) is 12.3. The van der Waals surface area contributed by atoms with Gasteiger partial charge in [0.05, 0.1) is 17.8 Å². The van der Waals surface area contributed by atoms with Crippen LogP contribution in [0.2, 0.25) is 0 Å². The molecule has 3 amide bonds. The number of nitrogens with one attached hydrogen (secondary N) is 2. The number of ether oxygens (including phenoxy) is 2. The number of carbonyl (C=O) groups is 3. The van der Waals surface area contributed by atoms with E-state index in [9.17, 15) is 14.4 Å². The molecule has 0 saturated heterocycles. The summed E-state index contributed by atoms with van der Waals surface area (Å²) in [6.07, 6.45) is 7.93. The molecule has 1 fully saturated rings. The second kappa shape index (κ2) is 12.8. The zero-order valence-electron chi connectivity index (χ0n) is 21.5. The number of carbonyl (C=O) groups excluding carboxylic acids is 3. The van der Waals surface area contributed by atoms with Gasteiger partial charge in [-0.1, -0.05) is 36.4 Å². The summed E-state index contributed by atoms with van der Waals surface area (Å²) in [5, 5.41) is 6.00. The minimum absolute atomic E-state index is 0.00513. The standard InChI is InChI=1S/C27H36N4O5S/c1-27(2,3)35-16-21(25(33)36-19-8-4-5-9-19)30-14-6-7-17-10-12-18(13-11-17)22-15-20(23(28)32)24(37-22)31-26(29)34/h6-7,10-13,15,19,21,30H,4-5,8-9,14,16H2,1-3H3,(H2,28,32)(H3,29,31,34)/b7-6+/t21-/m0/s1. The quantitative estimate of drug-likeness (QED) is 0.320. The molecule has 1 atom stereocenters. The van der Waals surface area contributed by atoms with Crippen molar-refractivity contribution in [3.8, 4) is 10.4 Å². The van der Waals surface area contributed by atoms with Gasteiger partial charge in [-0.3, -0.25) is 20.2 Å². The van der Waals surface area contributed by atoms with Crippen molar-refractivity contribution in [3.63, 3.8) is 0 Å². The van der Waals surface area contributed by atoms with Gasteiger partial charge in [0.2, 0.25) is 0 Å². The molecule has 0 radical (unpaired) electrons. The molecule has 1 saturated carbocycles. The molecule has 2 aromatic rings. The number of amides is 3. The molecule has 0 aliphatic heterocycles. The third-order valence-electron chi connectivity index (χ3n) is 5.77. The molecule has 200 valence electrons. The third kappa shape index (κ3) is 8.99. The highest BCUT2D eigenvalue weighted by Gasteiger charge is 2.26. The van der Waals surface area contributed by atoms with Crippen LogP contribution in [0.1, 0.15) is 62.4 Å². The largest absolute Gasteiger partial charge is 0.461 e. The summed E-state index contributed by atoms with van der Waals surface area (Å²) in [6, 6.07) is 8.03. The molecule has 37 heavy (non-hydrogen) atoms. The molecule has 10 heteroatoms. The lowest BCUT2D eigenvalue weighted by atomic mass is 10.1. The van der Waals surface area contributed by atoms with Crippen molar-refractivity contribution in [2.24, 2.45) is 11.5 Å². The van der Waals surface area contributed by atoms with Crippen LogP contribution >= 0.6 is 11.3 Å². The van der Waals surface area contributed by atoms with Gasteiger partial charge in [-0.05, 0) is 63.6 Å². The lowest BCUT2D eigenvalue weighted by molar-refractivity contribution is -0.154. The van der Waals surface area contributed by atoms with Gasteiger partial charge in [-0.15, -0.1) is 11.3 Å². The Kier molecular flexibility index (Phi) is 9.85. The molecule has 0 bridgehead atoms. The third-order valence-corrected chi connectivity index (χ3v) is 6.87. The molecule has 0 spiro atoms. The summed E-state index contributed by atoms with van der Waals surface area (Å²) in [4.78, 5) is 36.4. The van der Waals surface area contributed by atoms with Crippen molar-refractivity contribution in [2.45, 2.75) is 64.2 Å². The average Bonchev–Trinajstić information content (AvgIpc) is 3.48. The van der Waals surface area contributed by atoms with Crippen molar-refractivity contribution in [3.05, 3.63) is 47.5 Å². The number of primary amides is 2. The predicted molar refractivity (Wildman–Crippen MR) is 146 cm³/mol. The number of thiophene rings is 1. The molecule has 1 aromatic carbocycles. The van der Waals surface area contributed by atoms with Crippen molar-refractivity contribution >= 4 is 40.3 Å². The van der Waals surface area contributed by atoms with E-state index in [1.165, 1.54) is 11.3 Å². The minimum Gasteiger partial charge on any atom is -0.461 e. The molecule has 3 rings (SSSR count). The van der Waals surface area contributed by atoms with Crippen LogP contribution in [0.4, 0.5) is 9.80 Å². The number of esters is 1. The summed E-state index contributed by atoms with van der Waals surface area (Å²) >= 11 is 1.22. The normalized spacial score (nSPS) is 15.1. The first-order chi connectivity index (χ1) is 17.5. The maximum atomic E-state index is 12.7. The van der Waals surface area contributed by atoms with E-state index in [2.05, 4.69) is 10.6 Å². The van der Waals surface area contributed by atoms with Crippen LogP contribution in [0.5, 0.6) is 0 Å². The van der Waals surface area contributed by atoms with E-state index in [1.807, 2.05) is 57.2 Å². The molecule has 1 heterocycles. The lowest BCUT2D eigenvalue weighted by Gasteiger charge is -2.25. The summed E-state index contributed by atoms with van der Waals surface area (Å²) in [5.74, 6) is -0.915. The van der Waals surface area contributed by atoms with E-state index in [4.69, 9.17) is 20.9 Å². The minimum atomic E-state index is -0.760. The fraction of sp³-hybridized carbons (Fsp3) is 0.444. The van der Waals surface area contributed by atoms with Crippen LogP contribution in [-0.4, -0.2) is 48.8 Å². The van der Waals surface area contributed by atoms with Crippen LogP contribution < -0.4 is 22.1 Å². The maximum Gasteiger partial charge on any atom is 0.325 e. The zero-order chi connectivity index (χ0) is 27.0. The number of hydrogen-bond donors (Lipinski definition) is 4. The van der Waals surface area contributed by atoms with E-state index in [1.54, 1.807) is 6.07 Å². The first-order valence-electron chi connectivity index (χ1n) is 12.4. The monoisotopic (exact) mass is 528 g/mol. The van der Waals surface area contributed by atoms with Crippen LogP contribution in [0.25, 0.3) is 16.5 Å². The van der Waals surface area contributed by atoms with Crippen molar-refractivity contribution < 1.29 is 23.9 Å². The summed E-state index contributed by atoms with van der Waals surface area (Å²) in [7, 11) is 0. The van der Waals surface area contributed by atoms with E-state index in [0.29, 0.717) is 11.5 Å². The highest BCUT2D eigenvalue weighted by molar-refractivity contribution is 7.20. The number of urea groups is 1. The van der Waals surface area contributed by atoms with Crippen molar-refractivity contribution in [2.75, 3.05) is 18.5 Å². The number of nitrogens with two attached hydrogens (primary N) is 2. The van der Waals surface area contributed by atoms with Crippen LogP contribution in [0, 0.1) is 0 Å². The second-order valence-corrected chi connectivity index (χ2v) is 11.0. The molecule has 1 aromatic heterocycles. The fourth-order valence-electron chi connectivity index (χ4n) is 3.88. The van der Waals surface area contributed by atoms with Gasteiger partial charge in [0.1, 0.15) is 17.1 Å². The summed E-state index contributed by atoms with van der Waals surface area (Å²) < 4.78 is 11.5. The van der Waals surface area contributed by atoms with E-state index in [0.717, 1.165) is 41.7 Å². The Bertz CT molecular complexity index is 1110. The number of hydrogen-bond acceptors (Lipinski definition) is 7. The molecule has 0 unspecified atom stereocenters. The Morgan fingerprint density at radius 1 is 1.14 bits per heavy atom. The van der Waals surface area contributed by atoms with Crippen LogP contribution in [0.3, 0.4) is 0 Å². The second-order valence-electron chi connectivity index (χ2n) is 9.96. The Balaban J connectivity index is 1.60. The van der Waals surface area contributed by atoms with E-state index < -0.39 is 18.0 Å². The fourth-order valence-corrected chi connectivity index (χ4v) is 4.95. The SMILES string of the molecule is CC(C)(C)OC[C@H](NC/C=C/c1ccc(-c2cc(C(N)=O)c(NC(N)=O)s2)cc1)C(=O)OC1CCCC1. The van der Waals surface area contributed by atoms with Crippen molar-refractivity contribution in [1.82, 2.24) is 5.32 Å². The Morgan fingerprint density at radius 3 is 2.41 bits per heavy atom. The van der Waals surface area contributed by atoms with Gasteiger partial charge in [-0.25, -0.2) is 4.79 Å². The smallest absolute Gasteiger partial charge is 0.325 e. The highest BCUT2D eigenvalue weighted by Crippen LogP contribution is 2.35. The predicted octanol–water partition coefficient (Wildman–Crippen LogP) is 4.28. The molecule has 6 N–H and O–H groups in total. The average molecular weight is 529 g/mol. The first-order valence-corrected chi connectivity index (χ1v) is 13.2. The zero-order valence-corrected chi connectivity index (χ0v) is 22.4. The Morgan fingerprint density at radius 2 is 1.81 bits per heavy atom. The topological polar surface area (TPSA) is 146 Å². The molecular formula is C27H36N4O5S. The summed E-state index contributed by atoms with van der Waals surface area (Å²) in [6.45, 7) is 6.56. The number of rotatable bonds is 11. The molecule has 9 nitrogen and oxygen atoms in total. The first kappa shape index (κ1) is 28.4. The van der Waals surface area contributed by atoms with Crippen LogP contribution in [-0.2, 0) is 14.3 Å². The van der Waals surface area contributed by atoms with Gasteiger partial charge < -0.3 is 20.9 Å². The van der Waals surface area contributed by atoms with Crippen LogP contribution in [0.15, 0.2) is 36.4 Å². The molecular weight excluding hydrogens is 492 g/mol. The van der Waals surface area contributed by atoms with Gasteiger partial charge in [-0.2, -0.15) is 0 Å². The van der Waals surface area contributed by atoms with E-state index in [-0.39, 0.29) is 29.8 Å². The van der Waals surface area contributed by atoms with Gasteiger partial charge in [0, 0.05) is 11.4 Å². The molecule has 1 aliphatic carbocycles. The molecule has 1 aliphatic rings. The van der Waals surface area contributed by atoms with Gasteiger partial charge in [0.25, 0.3) is 5.91 Å². The Hall–Kier alpha value is -3.21. The lowest BCUT2D eigenvalue weighted by Crippen LogP contribution is -2.44. The number of anilines is 1.